The quantitative estimate of drug-likeness (QED) is 0.215. The summed E-state index contributed by atoms with van der Waals surface area (Å²) in [5, 5.41) is 2.95. The number of unbranched alkanes of at least 4 members (excludes halogenated alkanes) is 1. The average molecular weight is 659 g/mol. The molecule has 3 aromatic carbocycles. The molecule has 0 aliphatic rings. The van der Waals surface area contributed by atoms with E-state index in [0.717, 1.165) is 33.8 Å². The zero-order chi connectivity index (χ0) is 30.9. The molecule has 0 aromatic heterocycles. The minimum absolute atomic E-state index is 0.00173. The summed E-state index contributed by atoms with van der Waals surface area (Å²) in [7, 11) is -2.70. The molecule has 0 unspecified atom stereocenters. The van der Waals surface area contributed by atoms with Gasteiger partial charge in [0, 0.05) is 13.1 Å². The van der Waals surface area contributed by atoms with Gasteiger partial charge in [0.05, 0.1) is 22.2 Å². The summed E-state index contributed by atoms with van der Waals surface area (Å²) in [6, 6.07) is 18.4. The van der Waals surface area contributed by atoms with Crippen molar-refractivity contribution in [3.05, 3.63) is 87.9 Å². The first-order valence-corrected chi connectivity index (χ1v) is 16.3. The molecule has 0 spiro atoms. The second kappa shape index (κ2) is 15.2. The molecule has 1 atom stereocenters. The standard InChI is InChI=1S/C32H40BrN3O5S/c1-6-8-18-34-32(38)29(7-2)35(21-25-11-9-10-24(4)19-25)31(37)22-36(26-14-12-23(3)13-15-26)42(39,40)27-16-17-30(41-5)28(33)20-27/h9-17,19-20,29H,6-8,18,21-22H2,1-5H3,(H,34,38)/t29-/m1/s1. The zero-order valence-electron chi connectivity index (χ0n) is 24.9. The molecule has 0 fully saturated rings. The van der Waals surface area contributed by atoms with Crippen LogP contribution in [0.25, 0.3) is 0 Å². The van der Waals surface area contributed by atoms with Gasteiger partial charge in [-0.25, -0.2) is 8.42 Å². The van der Waals surface area contributed by atoms with E-state index in [4.69, 9.17) is 4.74 Å². The first-order valence-electron chi connectivity index (χ1n) is 14.1. The van der Waals surface area contributed by atoms with Crippen LogP contribution in [-0.4, -0.2) is 51.4 Å². The van der Waals surface area contributed by atoms with Crippen LogP contribution >= 0.6 is 15.9 Å². The number of aryl methyl sites for hydroxylation is 2. The van der Waals surface area contributed by atoms with Crippen LogP contribution in [0.15, 0.2) is 76.1 Å². The Morgan fingerprint density at radius 3 is 2.29 bits per heavy atom. The monoisotopic (exact) mass is 657 g/mol. The fraction of sp³-hybridized carbons (Fsp3) is 0.375. The number of sulfonamides is 1. The lowest BCUT2D eigenvalue weighted by Crippen LogP contribution is -2.52. The number of methoxy groups -OCH3 is 1. The molecule has 0 radical (unpaired) electrons. The third kappa shape index (κ3) is 8.35. The van der Waals surface area contributed by atoms with Crippen molar-refractivity contribution in [1.29, 1.82) is 0 Å². The Labute approximate surface area is 258 Å². The summed E-state index contributed by atoms with van der Waals surface area (Å²) in [5.41, 5.74) is 3.17. The van der Waals surface area contributed by atoms with E-state index in [1.165, 1.54) is 24.1 Å². The molecule has 8 nitrogen and oxygen atoms in total. The van der Waals surface area contributed by atoms with E-state index in [-0.39, 0.29) is 17.3 Å². The highest BCUT2D eigenvalue weighted by atomic mass is 79.9. The molecule has 3 aromatic rings. The topological polar surface area (TPSA) is 96.0 Å². The third-order valence-corrected chi connectivity index (χ3v) is 9.35. The number of carbonyl (C=O) groups is 2. The number of carbonyl (C=O) groups excluding carboxylic acids is 2. The highest BCUT2D eigenvalue weighted by Crippen LogP contribution is 2.31. The Hall–Kier alpha value is -3.37. The molecule has 1 N–H and O–H groups in total. The van der Waals surface area contributed by atoms with Gasteiger partial charge in [0.25, 0.3) is 10.0 Å². The van der Waals surface area contributed by atoms with Gasteiger partial charge in [0.15, 0.2) is 0 Å². The van der Waals surface area contributed by atoms with E-state index in [9.17, 15) is 18.0 Å². The van der Waals surface area contributed by atoms with E-state index in [2.05, 4.69) is 21.2 Å². The molecule has 0 saturated heterocycles. The van der Waals surface area contributed by atoms with Gasteiger partial charge < -0.3 is 15.0 Å². The fourth-order valence-electron chi connectivity index (χ4n) is 4.61. The van der Waals surface area contributed by atoms with Gasteiger partial charge in [-0.2, -0.15) is 0 Å². The molecule has 0 bridgehead atoms. The number of nitrogens with zero attached hydrogens (tertiary/aromatic N) is 2. The molecular weight excluding hydrogens is 618 g/mol. The second-order valence-electron chi connectivity index (χ2n) is 10.2. The smallest absolute Gasteiger partial charge is 0.264 e. The molecule has 226 valence electrons. The molecule has 0 aliphatic carbocycles. The molecule has 3 rings (SSSR count). The van der Waals surface area contributed by atoms with Crippen molar-refractivity contribution in [2.45, 2.75) is 64.4 Å². The summed E-state index contributed by atoms with van der Waals surface area (Å²) < 4.78 is 35.0. The van der Waals surface area contributed by atoms with Crippen molar-refractivity contribution in [1.82, 2.24) is 10.2 Å². The van der Waals surface area contributed by atoms with Crippen LogP contribution in [0.2, 0.25) is 0 Å². The maximum atomic E-state index is 14.2. The number of hydrogen-bond donors (Lipinski definition) is 1. The number of ether oxygens (including phenoxy) is 1. The molecule has 2 amide bonds. The van der Waals surface area contributed by atoms with E-state index >= 15 is 0 Å². The molecule has 0 heterocycles. The maximum absolute atomic E-state index is 14.2. The van der Waals surface area contributed by atoms with Crippen molar-refractivity contribution in [2.24, 2.45) is 0 Å². The molecule has 0 aliphatic heterocycles. The third-order valence-electron chi connectivity index (χ3n) is 6.96. The minimum Gasteiger partial charge on any atom is -0.496 e. The van der Waals surface area contributed by atoms with Crippen molar-refractivity contribution in [2.75, 3.05) is 24.5 Å². The van der Waals surface area contributed by atoms with Crippen LogP contribution in [0, 0.1) is 13.8 Å². The highest BCUT2D eigenvalue weighted by Gasteiger charge is 2.34. The van der Waals surface area contributed by atoms with Gasteiger partial charge in [0.2, 0.25) is 11.8 Å². The highest BCUT2D eigenvalue weighted by molar-refractivity contribution is 9.10. The fourth-order valence-corrected chi connectivity index (χ4v) is 6.74. The zero-order valence-corrected chi connectivity index (χ0v) is 27.3. The van der Waals surface area contributed by atoms with Crippen LogP contribution in [-0.2, 0) is 26.2 Å². The SMILES string of the molecule is CCCCNC(=O)[C@@H](CC)N(Cc1cccc(C)c1)C(=O)CN(c1ccc(C)cc1)S(=O)(=O)c1ccc(OC)c(Br)c1. The Balaban J connectivity index is 2.06. The van der Waals surface area contributed by atoms with Gasteiger partial charge in [-0.05, 0) is 78.5 Å². The normalized spacial score (nSPS) is 12.0. The van der Waals surface area contributed by atoms with Crippen LogP contribution in [0.4, 0.5) is 5.69 Å². The Bertz CT molecular complexity index is 1480. The van der Waals surface area contributed by atoms with Crippen LogP contribution in [0.3, 0.4) is 0 Å². The van der Waals surface area contributed by atoms with Crippen LogP contribution in [0.5, 0.6) is 5.75 Å². The first kappa shape index (κ1) is 33.1. The van der Waals surface area contributed by atoms with Gasteiger partial charge in [-0.3, -0.25) is 13.9 Å². The predicted octanol–water partition coefficient (Wildman–Crippen LogP) is 5.99. The Morgan fingerprint density at radius 2 is 1.69 bits per heavy atom. The number of benzene rings is 3. The van der Waals surface area contributed by atoms with Gasteiger partial charge in [-0.15, -0.1) is 0 Å². The summed E-state index contributed by atoms with van der Waals surface area (Å²) in [4.78, 5) is 29.0. The number of anilines is 1. The van der Waals surface area contributed by atoms with Crippen molar-refractivity contribution in [3.63, 3.8) is 0 Å². The minimum atomic E-state index is -4.19. The van der Waals surface area contributed by atoms with Crippen molar-refractivity contribution in [3.8, 4) is 5.75 Å². The maximum Gasteiger partial charge on any atom is 0.264 e. The van der Waals surface area contributed by atoms with Crippen LogP contribution < -0.4 is 14.4 Å². The Kier molecular flexibility index (Phi) is 12.0. The first-order chi connectivity index (χ1) is 20.0. The Morgan fingerprint density at radius 1 is 0.976 bits per heavy atom. The predicted molar refractivity (Wildman–Crippen MR) is 170 cm³/mol. The van der Waals surface area contributed by atoms with Crippen LogP contribution in [0.1, 0.15) is 49.8 Å². The number of amides is 2. The van der Waals surface area contributed by atoms with Gasteiger partial charge in [0.1, 0.15) is 18.3 Å². The van der Waals surface area contributed by atoms with E-state index in [1.807, 2.05) is 52.0 Å². The number of hydrogen-bond acceptors (Lipinski definition) is 5. The van der Waals surface area contributed by atoms with Gasteiger partial charge in [-0.1, -0.05) is 67.8 Å². The lowest BCUT2D eigenvalue weighted by molar-refractivity contribution is -0.140. The molecule has 42 heavy (non-hydrogen) atoms. The molecule has 0 saturated carbocycles. The number of halogens is 1. The number of nitrogens with one attached hydrogen (secondary N) is 1. The van der Waals surface area contributed by atoms with Crippen molar-refractivity contribution >= 4 is 43.5 Å². The van der Waals surface area contributed by atoms with E-state index in [1.54, 1.807) is 30.3 Å². The summed E-state index contributed by atoms with van der Waals surface area (Å²) in [5.74, 6) is -0.252. The average Bonchev–Trinajstić information content (AvgIpc) is 2.96. The van der Waals surface area contributed by atoms with E-state index < -0.39 is 28.5 Å². The summed E-state index contributed by atoms with van der Waals surface area (Å²) in [6.07, 6.45) is 2.12. The summed E-state index contributed by atoms with van der Waals surface area (Å²) >= 11 is 3.37. The lowest BCUT2D eigenvalue weighted by atomic mass is 10.1. The lowest BCUT2D eigenvalue weighted by Gasteiger charge is -2.33. The van der Waals surface area contributed by atoms with Crippen molar-refractivity contribution < 1.29 is 22.7 Å². The van der Waals surface area contributed by atoms with Gasteiger partial charge >= 0.3 is 0 Å². The molecule has 10 heteroatoms. The van der Waals surface area contributed by atoms with E-state index in [0.29, 0.717) is 28.9 Å². The molecular formula is C32H40BrN3O5S. The summed E-state index contributed by atoms with van der Waals surface area (Å²) in [6.45, 7) is 7.94. The largest absolute Gasteiger partial charge is 0.496 e. The number of rotatable bonds is 14. The second-order valence-corrected chi connectivity index (χ2v) is 12.9.